The van der Waals surface area contributed by atoms with Gasteiger partial charge in [0.1, 0.15) is 5.69 Å². The van der Waals surface area contributed by atoms with Crippen molar-refractivity contribution < 1.29 is 4.79 Å². The third kappa shape index (κ3) is 3.50. The van der Waals surface area contributed by atoms with Gasteiger partial charge in [-0.2, -0.15) is 0 Å². The van der Waals surface area contributed by atoms with E-state index in [1.54, 1.807) is 9.36 Å². The molecule has 0 aliphatic carbocycles. The number of hydrogen-bond donors (Lipinski definition) is 2. The molecule has 1 atom stereocenters. The smallest absolute Gasteiger partial charge is 0.295 e. The number of nitrogens with one attached hydrogen (secondary N) is 2. The van der Waals surface area contributed by atoms with Crippen molar-refractivity contribution in [1.82, 2.24) is 14.7 Å². The highest BCUT2D eigenvalue weighted by Crippen LogP contribution is 2.21. The number of halogens is 1. The molecule has 1 saturated heterocycles. The van der Waals surface area contributed by atoms with Crippen molar-refractivity contribution in [1.29, 1.82) is 0 Å². The van der Waals surface area contributed by atoms with Gasteiger partial charge in [-0.25, -0.2) is 4.68 Å². The Labute approximate surface area is 153 Å². The standard InChI is InChI=1S/C18H24N4O2.ClH/c1-13-15(20-17(24)18(2)11-7-8-12-19-18)16(23)22(21(13)3)14-9-5-4-6-10-14;/h4-6,9-10,19H,7-8,11-12H2,1-3H3,(H,20,24);1H. The van der Waals surface area contributed by atoms with Crippen molar-refractivity contribution in [3.63, 3.8) is 0 Å². The van der Waals surface area contributed by atoms with Crippen LogP contribution in [0.5, 0.6) is 0 Å². The summed E-state index contributed by atoms with van der Waals surface area (Å²) in [4.78, 5) is 25.6. The summed E-state index contributed by atoms with van der Waals surface area (Å²) in [5.74, 6) is -0.145. The SMILES string of the molecule is Cc1c(NC(=O)C2(C)CCCCN2)c(=O)n(-c2ccccc2)n1C.Cl. The number of para-hydroxylation sites is 1. The lowest BCUT2D eigenvalue weighted by atomic mass is 9.90. The zero-order chi connectivity index (χ0) is 17.3. The summed E-state index contributed by atoms with van der Waals surface area (Å²) in [6, 6.07) is 9.42. The van der Waals surface area contributed by atoms with E-state index < -0.39 is 5.54 Å². The van der Waals surface area contributed by atoms with Crippen molar-refractivity contribution in [3.8, 4) is 5.69 Å². The summed E-state index contributed by atoms with van der Waals surface area (Å²) in [5, 5.41) is 6.14. The second-order valence-electron chi connectivity index (χ2n) is 6.61. The topological polar surface area (TPSA) is 68.1 Å². The zero-order valence-corrected chi connectivity index (χ0v) is 15.7. The minimum absolute atomic E-state index is 0. The van der Waals surface area contributed by atoms with E-state index >= 15 is 0 Å². The second kappa shape index (κ2) is 7.45. The lowest BCUT2D eigenvalue weighted by molar-refractivity contribution is -0.122. The number of piperidine rings is 1. The Kier molecular flexibility index (Phi) is 5.75. The van der Waals surface area contributed by atoms with Gasteiger partial charge >= 0.3 is 0 Å². The summed E-state index contributed by atoms with van der Waals surface area (Å²) in [7, 11) is 1.82. The Balaban J connectivity index is 0.00000225. The van der Waals surface area contributed by atoms with Gasteiger partial charge in [0, 0.05) is 7.05 Å². The fourth-order valence-electron chi connectivity index (χ4n) is 3.21. The fraction of sp³-hybridized carbons (Fsp3) is 0.444. The van der Waals surface area contributed by atoms with Crippen molar-refractivity contribution in [2.45, 2.75) is 38.6 Å². The van der Waals surface area contributed by atoms with Crippen LogP contribution in [0.2, 0.25) is 0 Å². The average Bonchev–Trinajstić information content (AvgIpc) is 2.80. The number of benzene rings is 1. The number of hydrogen-bond acceptors (Lipinski definition) is 3. The molecular formula is C18H25ClN4O2. The molecule has 2 N–H and O–H groups in total. The van der Waals surface area contributed by atoms with Crippen LogP contribution in [0, 0.1) is 6.92 Å². The van der Waals surface area contributed by atoms with E-state index in [0.29, 0.717) is 5.69 Å². The van der Waals surface area contributed by atoms with E-state index in [4.69, 9.17) is 0 Å². The second-order valence-corrected chi connectivity index (χ2v) is 6.61. The molecule has 3 rings (SSSR count). The number of carbonyl (C=O) groups excluding carboxylic acids is 1. The predicted octanol–water partition coefficient (Wildman–Crippen LogP) is 2.38. The first-order valence-electron chi connectivity index (χ1n) is 8.34. The molecule has 7 heteroatoms. The minimum Gasteiger partial charge on any atom is -0.318 e. The minimum atomic E-state index is -0.620. The number of carbonyl (C=O) groups is 1. The molecule has 0 radical (unpaired) electrons. The van der Waals surface area contributed by atoms with Crippen molar-refractivity contribution in [3.05, 3.63) is 46.4 Å². The van der Waals surface area contributed by atoms with Crippen molar-refractivity contribution >= 4 is 24.0 Å². The van der Waals surface area contributed by atoms with Crippen LogP contribution in [0.15, 0.2) is 35.1 Å². The van der Waals surface area contributed by atoms with Gasteiger partial charge in [-0.3, -0.25) is 14.3 Å². The molecule has 136 valence electrons. The first-order chi connectivity index (χ1) is 11.4. The molecule has 1 aromatic heterocycles. The monoisotopic (exact) mass is 364 g/mol. The molecule has 0 saturated carbocycles. The quantitative estimate of drug-likeness (QED) is 0.878. The van der Waals surface area contributed by atoms with E-state index in [1.165, 1.54) is 0 Å². The number of anilines is 1. The van der Waals surface area contributed by atoms with Crippen LogP contribution in [-0.2, 0) is 11.8 Å². The molecule has 1 fully saturated rings. The largest absolute Gasteiger partial charge is 0.318 e. The van der Waals surface area contributed by atoms with Crippen molar-refractivity contribution in [2.75, 3.05) is 11.9 Å². The van der Waals surface area contributed by atoms with Gasteiger partial charge < -0.3 is 10.6 Å². The molecule has 1 unspecified atom stereocenters. The zero-order valence-electron chi connectivity index (χ0n) is 14.8. The van der Waals surface area contributed by atoms with Crippen LogP contribution < -0.4 is 16.2 Å². The van der Waals surface area contributed by atoms with Gasteiger partial charge in [-0.15, -0.1) is 12.4 Å². The molecule has 2 aromatic rings. The molecule has 6 nitrogen and oxygen atoms in total. The maximum atomic E-state index is 12.8. The molecule has 1 aliphatic rings. The van der Waals surface area contributed by atoms with Gasteiger partial charge in [0.2, 0.25) is 5.91 Å². The van der Waals surface area contributed by atoms with Gasteiger partial charge in [0.25, 0.3) is 5.56 Å². The van der Waals surface area contributed by atoms with Crippen LogP contribution in [0.25, 0.3) is 5.69 Å². The molecule has 1 aliphatic heterocycles. The Hall–Kier alpha value is -2.05. The van der Waals surface area contributed by atoms with E-state index in [2.05, 4.69) is 10.6 Å². The summed E-state index contributed by atoms with van der Waals surface area (Å²) in [6.45, 7) is 4.56. The molecule has 25 heavy (non-hydrogen) atoms. The van der Waals surface area contributed by atoms with Crippen molar-refractivity contribution in [2.24, 2.45) is 7.05 Å². The maximum absolute atomic E-state index is 12.8. The van der Waals surface area contributed by atoms with E-state index in [9.17, 15) is 9.59 Å². The third-order valence-electron chi connectivity index (χ3n) is 4.91. The number of nitrogens with zero attached hydrogens (tertiary/aromatic N) is 2. The van der Waals surface area contributed by atoms with E-state index in [-0.39, 0.29) is 23.9 Å². The van der Waals surface area contributed by atoms with Gasteiger partial charge in [-0.1, -0.05) is 18.2 Å². The molecule has 0 bridgehead atoms. The van der Waals surface area contributed by atoms with Gasteiger partial charge in [-0.05, 0) is 51.8 Å². The maximum Gasteiger partial charge on any atom is 0.295 e. The van der Waals surface area contributed by atoms with Crippen LogP contribution in [-0.4, -0.2) is 27.4 Å². The van der Waals surface area contributed by atoms with Crippen LogP contribution >= 0.6 is 12.4 Å². The lowest BCUT2D eigenvalue weighted by Gasteiger charge is -2.33. The summed E-state index contributed by atoms with van der Waals surface area (Å²) in [5.41, 5.74) is 1.02. The van der Waals surface area contributed by atoms with Crippen LogP contribution in [0.4, 0.5) is 5.69 Å². The number of rotatable bonds is 3. The predicted molar refractivity (Wildman–Crippen MR) is 102 cm³/mol. The first kappa shape index (κ1) is 19.3. The summed E-state index contributed by atoms with van der Waals surface area (Å²) >= 11 is 0. The van der Waals surface area contributed by atoms with Crippen LogP contribution in [0.3, 0.4) is 0 Å². The van der Waals surface area contributed by atoms with Gasteiger partial charge in [0.15, 0.2) is 0 Å². The molecular weight excluding hydrogens is 340 g/mol. The summed E-state index contributed by atoms with van der Waals surface area (Å²) in [6.07, 6.45) is 2.87. The Morgan fingerprint density at radius 2 is 1.92 bits per heavy atom. The third-order valence-corrected chi connectivity index (χ3v) is 4.91. The summed E-state index contributed by atoms with van der Waals surface area (Å²) < 4.78 is 3.34. The Bertz CT molecular complexity index is 804. The molecule has 2 heterocycles. The first-order valence-corrected chi connectivity index (χ1v) is 8.34. The number of amides is 1. The van der Waals surface area contributed by atoms with E-state index in [1.807, 2.05) is 51.2 Å². The highest BCUT2D eigenvalue weighted by Gasteiger charge is 2.35. The number of aromatic nitrogens is 2. The Morgan fingerprint density at radius 3 is 2.52 bits per heavy atom. The normalized spacial score (nSPS) is 20.0. The highest BCUT2D eigenvalue weighted by molar-refractivity contribution is 5.98. The van der Waals surface area contributed by atoms with Crippen LogP contribution in [0.1, 0.15) is 31.9 Å². The fourth-order valence-corrected chi connectivity index (χ4v) is 3.21. The van der Waals surface area contributed by atoms with Gasteiger partial charge in [0.05, 0.1) is 16.9 Å². The average molecular weight is 365 g/mol. The Morgan fingerprint density at radius 1 is 1.24 bits per heavy atom. The molecule has 1 aromatic carbocycles. The molecule has 1 amide bonds. The van der Waals surface area contributed by atoms with E-state index in [0.717, 1.165) is 37.2 Å². The lowest BCUT2D eigenvalue weighted by Crippen LogP contribution is -2.55. The molecule has 0 spiro atoms. The highest BCUT2D eigenvalue weighted by atomic mass is 35.5.